The van der Waals surface area contributed by atoms with Gasteiger partial charge in [-0.15, -0.1) is 0 Å². The molecule has 3 heteroatoms. The average molecular weight is 297 g/mol. The predicted molar refractivity (Wildman–Crippen MR) is 91.4 cm³/mol. The third-order valence-electron chi connectivity index (χ3n) is 4.21. The fraction of sp³-hybridized carbons (Fsp3) is 0. The Morgan fingerprint density at radius 1 is 0.913 bits per heavy atom. The van der Waals surface area contributed by atoms with Crippen molar-refractivity contribution in [2.24, 2.45) is 0 Å². The van der Waals surface area contributed by atoms with Gasteiger partial charge in [0.15, 0.2) is 0 Å². The summed E-state index contributed by atoms with van der Waals surface area (Å²) in [5.74, 6) is -1.21. The second-order valence-corrected chi connectivity index (χ2v) is 5.49. The van der Waals surface area contributed by atoms with Crippen molar-refractivity contribution in [1.29, 1.82) is 5.26 Å². The van der Waals surface area contributed by atoms with E-state index in [1.165, 1.54) is 11.5 Å². The highest BCUT2D eigenvalue weighted by molar-refractivity contribution is 6.24. The largest absolute Gasteiger partial charge is 0.477 e. The lowest BCUT2D eigenvalue weighted by Crippen LogP contribution is -1.97. The van der Waals surface area contributed by atoms with Crippen molar-refractivity contribution in [3.8, 4) is 6.07 Å². The molecule has 0 saturated heterocycles. The van der Waals surface area contributed by atoms with E-state index >= 15 is 0 Å². The van der Waals surface area contributed by atoms with E-state index in [0.717, 1.165) is 32.5 Å². The summed E-state index contributed by atoms with van der Waals surface area (Å²) < 4.78 is 0. The lowest BCUT2D eigenvalue weighted by atomic mass is 9.91. The smallest absolute Gasteiger partial charge is 0.346 e. The van der Waals surface area contributed by atoms with Crippen molar-refractivity contribution < 1.29 is 9.90 Å². The summed E-state index contributed by atoms with van der Waals surface area (Å²) in [6, 6.07) is 19.9. The summed E-state index contributed by atoms with van der Waals surface area (Å²) in [6.45, 7) is 0. The van der Waals surface area contributed by atoms with Crippen molar-refractivity contribution in [3.63, 3.8) is 0 Å². The maximum Gasteiger partial charge on any atom is 0.346 e. The summed E-state index contributed by atoms with van der Waals surface area (Å²) in [5, 5.41) is 24.7. The van der Waals surface area contributed by atoms with Gasteiger partial charge in [-0.3, -0.25) is 0 Å². The van der Waals surface area contributed by atoms with Crippen LogP contribution in [0.5, 0.6) is 0 Å². The van der Waals surface area contributed by atoms with E-state index in [2.05, 4.69) is 24.3 Å². The number of aliphatic carboxylic acids is 1. The summed E-state index contributed by atoms with van der Waals surface area (Å²) in [4.78, 5) is 11.1. The van der Waals surface area contributed by atoms with Crippen LogP contribution < -0.4 is 0 Å². The second kappa shape index (κ2) is 4.82. The van der Waals surface area contributed by atoms with Crippen molar-refractivity contribution >= 4 is 44.4 Å². The number of hydrogen-bond donors (Lipinski definition) is 1. The minimum Gasteiger partial charge on any atom is -0.477 e. The Kier molecular flexibility index (Phi) is 2.79. The van der Waals surface area contributed by atoms with Gasteiger partial charge in [0.25, 0.3) is 0 Å². The molecule has 0 aliphatic heterocycles. The van der Waals surface area contributed by atoms with Crippen LogP contribution in [0.2, 0.25) is 0 Å². The van der Waals surface area contributed by atoms with Crippen LogP contribution in [0.3, 0.4) is 0 Å². The third-order valence-corrected chi connectivity index (χ3v) is 4.21. The van der Waals surface area contributed by atoms with Crippen molar-refractivity contribution in [2.45, 2.75) is 0 Å². The molecule has 0 bridgehead atoms. The van der Waals surface area contributed by atoms with Crippen LogP contribution in [0.15, 0.2) is 60.2 Å². The van der Waals surface area contributed by atoms with Crippen LogP contribution in [0.1, 0.15) is 5.56 Å². The van der Waals surface area contributed by atoms with Gasteiger partial charge in [0.1, 0.15) is 11.6 Å². The minimum absolute atomic E-state index is 0.264. The first-order valence-corrected chi connectivity index (χ1v) is 7.20. The monoisotopic (exact) mass is 297 g/mol. The quantitative estimate of drug-likeness (QED) is 0.335. The summed E-state index contributed by atoms with van der Waals surface area (Å²) in [5.41, 5.74) is 0.481. The van der Waals surface area contributed by atoms with E-state index in [4.69, 9.17) is 10.4 Å². The molecule has 0 heterocycles. The summed E-state index contributed by atoms with van der Waals surface area (Å²) in [6.07, 6.45) is 1.44. The highest BCUT2D eigenvalue weighted by atomic mass is 16.4. The molecule has 0 spiro atoms. The van der Waals surface area contributed by atoms with Crippen LogP contribution in [-0.2, 0) is 4.79 Å². The molecule has 0 aliphatic rings. The average Bonchev–Trinajstić information content (AvgIpc) is 2.58. The van der Waals surface area contributed by atoms with E-state index in [1.54, 1.807) is 6.07 Å². The molecule has 0 radical (unpaired) electrons. The van der Waals surface area contributed by atoms with Crippen LogP contribution >= 0.6 is 0 Å². The van der Waals surface area contributed by atoms with Crippen molar-refractivity contribution in [2.75, 3.05) is 0 Å². The van der Waals surface area contributed by atoms with Gasteiger partial charge in [-0.25, -0.2) is 4.79 Å². The predicted octanol–water partition coefficient (Wildman–Crippen LogP) is 4.58. The Bertz CT molecular complexity index is 1130. The Morgan fingerprint density at radius 3 is 2.17 bits per heavy atom. The standard InChI is InChI=1S/C20H11NO2/c21-11-16(20(22)23)10-15-7-6-14-5-4-12-2-1-3-13-8-9-17(15)19(14)18(12)13/h1-10H,(H,22,23)/b16-10+. The molecule has 4 aromatic carbocycles. The van der Waals surface area contributed by atoms with Gasteiger partial charge >= 0.3 is 5.97 Å². The van der Waals surface area contributed by atoms with Gasteiger partial charge in [0, 0.05) is 0 Å². The van der Waals surface area contributed by atoms with Gasteiger partial charge in [0.05, 0.1) is 0 Å². The number of hydrogen-bond acceptors (Lipinski definition) is 2. The first-order valence-electron chi connectivity index (χ1n) is 7.20. The van der Waals surface area contributed by atoms with Crippen LogP contribution in [-0.4, -0.2) is 11.1 Å². The first-order chi connectivity index (χ1) is 11.2. The van der Waals surface area contributed by atoms with Gasteiger partial charge in [-0.1, -0.05) is 54.6 Å². The molecule has 4 aromatic rings. The summed E-state index contributed by atoms with van der Waals surface area (Å²) in [7, 11) is 0. The maximum absolute atomic E-state index is 11.1. The SMILES string of the molecule is N#C/C(=C\c1ccc2ccc3cccc4ccc1c2c34)C(=O)O. The van der Waals surface area contributed by atoms with E-state index in [9.17, 15) is 4.79 Å². The Labute approximate surface area is 132 Å². The van der Waals surface area contributed by atoms with Crippen molar-refractivity contribution in [3.05, 3.63) is 65.7 Å². The normalized spacial score (nSPS) is 12.0. The molecule has 0 aromatic heterocycles. The van der Waals surface area contributed by atoms with Crippen LogP contribution in [0.4, 0.5) is 0 Å². The number of benzene rings is 4. The molecule has 0 aliphatic carbocycles. The molecule has 0 unspecified atom stereocenters. The molecule has 108 valence electrons. The minimum atomic E-state index is -1.21. The fourth-order valence-corrected chi connectivity index (χ4v) is 3.18. The molecule has 3 nitrogen and oxygen atoms in total. The molecule has 0 saturated carbocycles. The van der Waals surface area contributed by atoms with E-state index in [1.807, 2.05) is 30.3 Å². The molecule has 0 amide bonds. The number of carboxylic acid groups (broad SMARTS) is 1. The molecule has 23 heavy (non-hydrogen) atoms. The highest BCUT2D eigenvalue weighted by Crippen LogP contribution is 2.36. The first kappa shape index (κ1) is 13.3. The zero-order valence-corrected chi connectivity index (χ0v) is 12.1. The second-order valence-electron chi connectivity index (χ2n) is 5.49. The van der Waals surface area contributed by atoms with Crippen LogP contribution in [0, 0.1) is 11.3 Å². The van der Waals surface area contributed by atoms with Gasteiger partial charge < -0.3 is 5.11 Å². The van der Waals surface area contributed by atoms with Crippen molar-refractivity contribution in [1.82, 2.24) is 0 Å². The number of nitriles is 1. The van der Waals surface area contributed by atoms with Gasteiger partial charge in [0.2, 0.25) is 0 Å². The zero-order chi connectivity index (χ0) is 16.0. The Morgan fingerprint density at radius 2 is 1.52 bits per heavy atom. The number of rotatable bonds is 2. The Balaban J connectivity index is 2.16. The van der Waals surface area contributed by atoms with E-state index < -0.39 is 5.97 Å². The topological polar surface area (TPSA) is 61.1 Å². The summed E-state index contributed by atoms with van der Waals surface area (Å²) >= 11 is 0. The van der Waals surface area contributed by atoms with Crippen LogP contribution in [0.25, 0.3) is 38.4 Å². The molecule has 0 fully saturated rings. The molecule has 1 N–H and O–H groups in total. The fourth-order valence-electron chi connectivity index (χ4n) is 3.18. The number of carbonyl (C=O) groups is 1. The Hall–Kier alpha value is -3.38. The van der Waals surface area contributed by atoms with E-state index in [-0.39, 0.29) is 5.57 Å². The third kappa shape index (κ3) is 1.93. The number of nitrogens with zero attached hydrogens (tertiary/aromatic N) is 1. The molecule has 0 atom stereocenters. The van der Waals surface area contributed by atoms with E-state index in [0.29, 0.717) is 0 Å². The lowest BCUT2D eigenvalue weighted by Gasteiger charge is -2.12. The molecule has 4 rings (SSSR count). The molecular weight excluding hydrogens is 286 g/mol. The number of carboxylic acids is 1. The van der Waals surface area contributed by atoms with Gasteiger partial charge in [-0.2, -0.15) is 5.26 Å². The maximum atomic E-state index is 11.1. The molecular formula is C20H11NO2. The lowest BCUT2D eigenvalue weighted by molar-refractivity contribution is -0.132. The zero-order valence-electron chi connectivity index (χ0n) is 12.1. The highest BCUT2D eigenvalue weighted by Gasteiger charge is 2.12. The van der Waals surface area contributed by atoms with Gasteiger partial charge in [-0.05, 0) is 44.0 Å².